The van der Waals surface area contributed by atoms with Gasteiger partial charge in [0.2, 0.25) is 0 Å². The molecule has 0 aromatic rings. The van der Waals surface area contributed by atoms with Crippen molar-refractivity contribution in [2.24, 2.45) is 0 Å². The Morgan fingerprint density at radius 3 is 1.39 bits per heavy atom. The average Bonchev–Trinajstić information content (AvgIpc) is 3.25. The molecule has 2 atom stereocenters. The van der Waals surface area contributed by atoms with Crippen LogP contribution in [0.1, 0.15) is 194 Å². The van der Waals surface area contributed by atoms with Crippen LogP contribution < -0.4 is 4.89 Å². The summed E-state index contributed by atoms with van der Waals surface area (Å²) in [6.07, 6.45) is 59.3. The van der Waals surface area contributed by atoms with Gasteiger partial charge in [0.25, 0.3) is 7.82 Å². The highest BCUT2D eigenvalue weighted by Crippen LogP contribution is 2.38. The minimum Gasteiger partial charge on any atom is -0.756 e. The van der Waals surface area contributed by atoms with Gasteiger partial charge < -0.3 is 27.9 Å². The van der Waals surface area contributed by atoms with Gasteiger partial charge in [-0.05, 0) is 83.5 Å². The van der Waals surface area contributed by atoms with E-state index in [-0.39, 0.29) is 26.1 Å². The van der Waals surface area contributed by atoms with Gasteiger partial charge in [0.1, 0.15) is 19.8 Å². The van der Waals surface area contributed by atoms with Crippen LogP contribution in [0.5, 0.6) is 0 Å². The van der Waals surface area contributed by atoms with Crippen LogP contribution in [0.2, 0.25) is 0 Å². The highest BCUT2D eigenvalue weighted by Gasteiger charge is 2.21. The third kappa shape index (κ3) is 48.6. The number of likely N-dealkylation sites (N-methyl/N-ethyl adjacent to an activating group) is 1. The molecule has 0 aliphatic carbocycles. The van der Waals surface area contributed by atoms with E-state index in [1.807, 2.05) is 27.2 Å². The molecule has 0 aromatic heterocycles. The van der Waals surface area contributed by atoms with Gasteiger partial charge >= 0.3 is 11.9 Å². The lowest BCUT2D eigenvalue weighted by molar-refractivity contribution is -0.870. The smallest absolute Gasteiger partial charge is 0.306 e. The normalized spacial score (nSPS) is 14.2. The number of phosphoric acid groups is 1. The van der Waals surface area contributed by atoms with E-state index >= 15 is 0 Å². The molecule has 0 bridgehead atoms. The molecule has 0 rings (SSSR count). The van der Waals surface area contributed by atoms with E-state index in [9.17, 15) is 19.0 Å². The Kier molecular flexibility index (Phi) is 43.4. The molecule has 0 heterocycles. The number of carbonyl (C=O) groups is 2. The van der Waals surface area contributed by atoms with Crippen molar-refractivity contribution in [2.45, 2.75) is 200 Å². The van der Waals surface area contributed by atoms with Crippen molar-refractivity contribution < 1.29 is 42.1 Å². The molecule has 0 saturated heterocycles. The first kappa shape index (κ1) is 61.2. The Morgan fingerprint density at radius 1 is 0.500 bits per heavy atom. The monoisotopic (exact) mass is 916 g/mol. The first-order chi connectivity index (χ1) is 31.0. The van der Waals surface area contributed by atoms with E-state index in [0.717, 1.165) is 57.8 Å². The van der Waals surface area contributed by atoms with Crippen molar-refractivity contribution in [3.05, 3.63) is 85.1 Å². The van der Waals surface area contributed by atoms with E-state index in [1.54, 1.807) is 0 Å². The molecule has 0 amide bonds. The quantitative estimate of drug-likeness (QED) is 0.0195. The molecule has 0 radical (unpaired) electrons. The molecule has 0 spiro atoms. The molecule has 10 heteroatoms. The SMILES string of the molecule is CC/C=C/C/C=C/C/C=C/C/C=C/C/C=C/CCCC(=O)O[C@@H](COC(=O)CCC/C=C/CC/C=C/CCCCCCCCCCCCCCCC)COP(=O)([O-])OCC[N+](C)(C)C. The lowest BCUT2D eigenvalue weighted by Gasteiger charge is -2.28. The van der Waals surface area contributed by atoms with Crippen LogP contribution in [0.15, 0.2) is 85.1 Å². The Hall–Kier alpha value is -2.81. The van der Waals surface area contributed by atoms with Crippen LogP contribution in [0, 0.1) is 0 Å². The molecule has 9 nitrogen and oxygen atoms in total. The number of unbranched alkanes of at least 4 members (excludes halogenated alkanes) is 17. The van der Waals surface area contributed by atoms with Gasteiger partial charge in [-0.25, -0.2) is 0 Å². The lowest BCUT2D eigenvalue weighted by atomic mass is 10.0. The zero-order valence-electron chi connectivity index (χ0n) is 41.4. The van der Waals surface area contributed by atoms with Gasteiger partial charge in [-0.1, -0.05) is 182 Å². The number of allylic oxidation sites excluding steroid dienone is 14. The van der Waals surface area contributed by atoms with Crippen molar-refractivity contribution >= 4 is 19.8 Å². The highest BCUT2D eigenvalue weighted by atomic mass is 31.2. The standard InChI is InChI=1S/C54H94NO8P/c1-6-8-10-12-14-16-18-20-22-24-25-26-27-28-29-31-32-34-36-38-40-42-44-46-53(56)60-50-52(51-62-64(58,59)61-49-48-55(3,4)5)63-54(57)47-45-43-41-39-37-35-33-30-23-21-19-17-15-13-11-9-7-2/h9,11,15,17,21,23,31-33,35,38-41,52H,6-8,10,12-14,16,18-20,22,24-30,34,36-37,42-51H2,1-5H3/b11-9+,17-15+,23-21+,32-31+,35-33+,40-38+,41-39+/t52-/m0/s1. The van der Waals surface area contributed by atoms with Crippen LogP contribution >= 0.6 is 7.82 Å². The Morgan fingerprint density at radius 2 is 0.906 bits per heavy atom. The van der Waals surface area contributed by atoms with E-state index in [0.29, 0.717) is 30.3 Å². The second kappa shape index (κ2) is 45.4. The van der Waals surface area contributed by atoms with Crippen LogP contribution in [0.25, 0.3) is 0 Å². The number of rotatable bonds is 45. The summed E-state index contributed by atoms with van der Waals surface area (Å²) >= 11 is 0. The molecule has 1 unspecified atom stereocenters. The largest absolute Gasteiger partial charge is 0.756 e. The number of nitrogens with zero attached hydrogens (tertiary/aromatic N) is 1. The number of carbonyl (C=O) groups excluding carboxylic acids is 2. The van der Waals surface area contributed by atoms with Crippen LogP contribution in [0.4, 0.5) is 0 Å². The molecule has 368 valence electrons. The highest BCUT2D eigenvalue weighted by molar-refractivity contribution is 7.45. The fourth-order valence-electron chi connectivity index (χ4n) is 6.47. The lowest BCUT2D eigenvalue weighted by Crippen LogP contribution is -2.37. The zero-order chi connectivity index (χ0) is 47.1. The summed E-state index contributed by atoms with van der Waals surface area (Å²) in [6.45, 7) is 4.01. The molecule has 64 heavy (non-hydrogen) atoms. The fourth-order valence-corrected chi connectivity index (χ4v) is 7.20. The first-order valence-corrected chi connectivity index (χ1v) is 26.8. The second-order valence-corrected chi connectivity index (χ2v) is 19.2. The Balaban J connectivity index is 4.38. The summed E-state index contributed by atoms with van der Waals surface area (Å²) in [5.74, 6) is -0.956. The Labute approximate surface area is 392 Å². The molecular formula is C54H94NO8P. The summed E-state index contributed by atoms with van der Waals surface area (Å²) in [7, 11) is 1.10. The maximum absolute atomic E-state index is 12.7. The summed E-state index contributed by atoms with van der Waals surface area (Å²) in [5.41, 5.74) is 0. The van der Waals surface area contributed by atoms with E-state index in [2.05, 4.69) is 92.8 Å². The predicted molar refractivity (Wildman–Crippen MR) is 268 cm³/mol. The van der Waals surface area contributed by atoms with Crippen molar-refractivity contribution in [3.8, 4) is 0 Å². The van der Waals surface area contributed by atoms with Crippen molar-refractivity contribution in [2.75, 3.05) is 47.5 Å². The Bertz CT molecular complexity index is 1360. The fraction of sp³-hybridized carbons (Fsp3) is 0.704. The third-order valence-electron chi connectivity index (χ3n) is 10.4. The average molecular weight is 916 g/mol. The number of quaternary nitrogens is 1. The number of ether oxygens (including phenoxy) is 2. The van der Waals surface area contributed by atoms with Gasteiger partial charge in [-0.2, -0.15) is 0 Å². The summed E-state index contributed by atoms with van der Waals surface area (Å²) in [6, 6.07) is 0. The minimum absolute atomic E-state index is 0.0514. The van der Waals surface area contributed by atoms with Crippen LogP contribution in [-0.4, -0.2) is 70.0 Å². The molecule has 0 saturated carbocycles. The molecule has 0 aliphatic heterocycles. The van der Waals surface area contributed by atoms with Crippen LogP contribution in [0.3, 0.4) is 0 Å². The van der Waals surface area contributed by atoms with Gasteiger partial charge in [0.05, 0.1) is 27.7 Å². The zero-order valence-corrected chi connectivity index (χ0v) is 42.3. The van der Waals surface area contributed by atoms with Crippen molar-refractivity contribution in [3.63, 3.8) is 0 Å². The van der Waals surface area contributed by atoms with Gasteiger partial charge in [-0.3, -0.25) is 14.2 Å². The number of esters is 2. The van der Waals surface area contributed by atoms with Crippen LogP contribution in [-0.2, 0) is 32.7 Å². The number of hydrogen-bond donors (Lipinski definition) is 0. The van der Waals surface area contributed by atoms with Crippen molar-refractivity contribution in [1.29, 1.82) is 0 Å². The molecule has 0 fully saturated rings. The summed E-state index contributed by atoms with van der Waals surface area (Å²) < 4.78 is 33.9. The third-order valence-corrected chi connectivity index (χ3v) is 11.3. The minimum atomic E-state index is -4.66. The second-order valence-electron chi connectivity index (χ2n) is 17.8. The predicted octanol–water partition coefficient (Wildman–Crippen LogP) is 14.5. The molecular weight excluding hydrogens is 822 g/mol. The topological polar surface area (TPSA) is 111 Å². The maximum atomic E-state index is 12.7. The van der Waals surface area contributed by atoms with Gasteiger partial charge in [-0.15, -0.1) is 0 Å². The van der Waals surface area contributed by atoms with Gasteiger partial charge in [0.15, 0.2) is 6.10 Å². The number of hydrogen-bond acceptors (Lipinski definition) is 8. The van der Waals surface area contributed by atoms with E-state index in [1.165, 1.54) is 89.9 Å². The number of phosphoric ester groups is 1. The summed E-state index contributed by atoms with van der Waals surface area (Å²) in [4.78, 5) is 37.6. The first-order valence-electron chi connectivity index (χ1n) is 25.3. The maximum Gasteiger partial charge on any atom is 0.306 e. The molecule has 0 aliphatic rings. The van der Waals surface area contributed by atoms with E-state index in [4.69, 9.17) is 18.5 Å². The van der Waals surface area contributed by atoms with E-state index < -0.39 is 32.5 Å². The molecule has 0 N–H and O–H groups in total. The molecule has 0 aromatic carbocycles. The van der Waals surface area contributed by atoms with Gasteiger partial charge in [0, 0.05) is 12.8 Å². The van der Waals surface area contributed by atoms with Crippen molar-refractivity contribution in [1.82, 2.24) is 0 Å². The summed E-state index contributed by atoms with van der Waals surface area (Å²) in [5, 5.41) is 0.